The standard InChI is InChI=1S/C15H23N3O2/c1-14(2,3)13(20)17-10-7-8-11(16-9-10)12(19)18-15(4,5)6/h7-9H,1-6H3,(H,17,20)(H,18,19). The third kappa shape index (κ3) is 4.99. The molecule has 1 aromatic rings. The average Bonchev–Trinajstić information content (AvgIpc) is 2.26. The van der Waals surface area contributed by atoms with Crippen molar-refractivity contribution in [3.63, 3.8) is 0 Å². The number of nitrogens with zero attached hydrogens (tertiary/aromatic N) is 1. The maximum atomic E-state index is 11.9. The van der Waals surface area contributed by atoms with Gasteiger partial charge in [-0.05, 0) is 32.9 Å². The molecule has 2 N–H and O–H groups in total. The van der Waals surface area contributed by atoms with Gasteiger partial charge in [0.2, 0.25) is 5.91 Å². The maximum Gasteiger partial charge on any atom is 0.270 e. The van der Waals surface area contributed by atoms with Crippen LogP contribution in [-0.4, -0.2) is 22.3 Å². The normalized spacial score (nSPS) is 11.9. The van der Waals surface area contributed by atoms with Crippen molar-refractivity contribution in [2.75, 3.05) is 5.32 Å². The fourth-order valence-electron chi connectivity index (χ4n) is 1.33. The third-order valence-electron chi connectivity index (χ3n) is 2.42. The highest BCUT2D eigenvalue weighted by molar-refractivity contribution is 5.95. The molecule has 1 rings (SSSR count). The Morgan fingerprint density at radius 1 is 1.05 bits per heavy atom. The van der Waals surface area contributed by atoms with Gasteiger partial charge in [0.1, 0.15) is 5.69 Å². The number of pyridine rings is 1. The molecular formula is C15H23N3O2. The summed E-state index contributed by atoms with van der Waals surface area (Å²) in [5, 5.41) is 5.59. The second kappa shape index (κ2) is 5.61. The molecule has 0 spiro atoms. The Morgan fingerprint density at radius 3 is 2.05 bits per heavy atom. The number of aromatic nitrogens is 1. The molecule has 0 fully saturated rings. The molecular weight excluding hydrogens is 254 g/mol. The number of hydrogen-bond donors (Lipinski definition) is 2. The monoisotopic (exact) mass is 277 g/mol. The van der Waals surface area contributed by atoms with Gasteiger partial charge < -0.3 is 10.6 Å². The number of carbonyl (C=O) groups is 2. The van der Waals surface area contributed by atoms with Gasteiger partial charge in [0.05, 0.1) is 11.9 Å². The summed E-state index contributed by atoms with van der Waals surface area (Å²) in [4.78, 5) is 27.8. The van der Waals surface area contributed by atoms with E-state index in [-0.39, 0.29) is 17.4 Å². The molecule has 0 atom stereocenters. The summed E-state index contributed by atoms with van der Waals surface area (Å²) in [6.07, 6.45) is 1.49. The van der Waals surface area contributed by atoms with Gasteiger partial charge in [-0.2, -0.15) is 0 Å². The van der Waals surface area contributed by atoms with E-state index < -0.39 is 5.41 Å². The highest BCUT2D eigenvalue weighted by Crippen LogP contribution is 2.17. The van der Waals surface area contributed by atoms with Crippen LogP contribution in [0.2, 0.25) is 0 Å². The van der Waals surface area contributed by atoms with Gasteiger partial charge in [0.25, 0.3) is 5.91 Å². The number of hydrogen-bond acceptors (Lipinski definition) is 3. The summed E-state index contributed by atoms with van der Waals surface area (Å²) in [5.74, 6) is -0.322. The second-order valence-corrected chi connectivity index (χ2v) is 6.84. The van der Waals surface area contributed by atoms with E-state index in [4.69, 9.17) is 0 Å². The van der Waals surface area contributed by atoms with E-state index >= 15 is 0 Å². The minimum atomic E-state index is -0.470. The lowest BCUT2D eigenvalue weighted by Gasteiger charge is -2.20. The molecule has 0 radical (unpaired) electrons. The smallest absolute Gasteiger partial charge is 0.270 e. The zero-order valence-electron chi connectivity index (χ0n) is 13.0. The molecule has 2 amide bonds. The van der Waals surface area contributed by atoms with Gasteiger partial charge in [0, 0.05) is 11.0 Å². The Morgan fingerprint density at radius 2 is 1.65 bits per heavy atom. The van der Waals surface area contributed by atoms with Crippen LogP contribution in [0.25, 0.3) is 0 Å². The van der Waals surface area contributed by atoms with E-state index in [1.54, 1.807) is 12.1 Å². The molecule has 0 unspecified atom stereocenters. The fourth-order valence-corrected chi connectivity index (χ4v) is 1.33. The predicted octanol–water partition coefficient (Wildman–Crippen LogP) is 2.59. The van der Waals surface area contributed by atoms with Gasteiger partial charge in [-0.1, -0.05) is 20.8 Å². The molecule has 110 valence electrons. The molecule has 0 aliphatic heterocycles. The summed E-state index contributed by atoms with van der Waals surface area (Å²) in [5.41, 5.74) is 0.131. The van der Waals surface area contributed by atoms with Crippen molar-refractivity contribution in [2.24, 2.45) is 5.41 Å². The van der Waals surface area contributed by atoms with Crippen molar-refractivity contribution in [1.29, 1.82) is 0 Å². The largest absolute Gasteiger partial charge is 0.346 e. The van der Waals surface area contributed by atoms with E-state index in [1.807, 2.05) is 41.5 Å². The molecule has 0 saturated heterocycles. The van der Waals surface area contributed by atoms with Crippen molar-refractivity contribution in [2.45, 2.75) is 47.1 Å². The first-order valence-corrected chi connectivity index (χ1v) is 6.59. The van der Waals surface area contributed by atoms with Crippen LogP contribution < -0.4 is 10.6 Å². The summed E-state index contributed by atoms with van der Waals surface area (Å²) >= 11 is 0. The Hall–Kier alpha value is -1.91. The van der Waals surface area contributed by atoms with Crippen molar-refractivity contribution < 1.29 is 9.59 Å². The van der Waals surface area contributed by atoms with E-state index in [9.17, 15) is 9.59 Å². The van der Waals surface area contributed by atoms with Crippen molar-refractivity contribution in [3.8, 4) is 0 Å². The first kappa shape index (κ1) is 16.1. The first-order chi connectivity index (χ1) is 8.99. The van der Waals surface area contributed by atoms with Gasteiger partial charge >= 0.3 is 0 Å². The Labute approximate surface area is 120 Å². The molecule has 0 aromatic carbocycles. The lowest BCUT2D eigenvalue weighted by molar-refractivity contribution is -0.123. The molecule has 0 aliphatic carbocycles. The van der Waals surface area contributed by atoms with Crippen LogP contribution in [0.1, 0.15) is 52.0 Å². The molecule has 5 nitrogen and oxygen atoms in total. The van der Waals surface area contributed by atoms with Gasteiger partial charge in [-0.3, -0.25) is 9.59 Å². The van der Waals surface area contributed by atoms with Crippen LogP contribution in [0.3, 0.4) is 0 Å². The molecule has 0 aliphatic rings. The molecule has 20 heavy (non-hydrogen) atoms. The number of carbonyl (C=O) groups excluding carboxylic acids is 2. The van der Waals surface area contributed by atoms with Gasteiger partial charge in [-0.25, -0.2) is 4.98 Å². The van der Waals surface area contributed by atoms with Crippen LogP contribution in [0.4, 0.5) is 5.69 Å². The topological polar surface area (TPSA) is 71.1 Å². The lowest BCUT2D eigenvalue weighted by Crippen LogP contribution is -2.40. The van der Waals surface area contributed by atoms with Crippen LogP contribution in [0, 0.1) is 5.41 Å². The van der Waals surface area contributed by atoms with Crippen molar-refractivity contribution in [1.82, 2.24) is 10.3 Å². The van der Waals surface area contributed by atoms with E-state index in [0.29, 0.717) is 11.4 Å². The minimum Gasteiger partial charge on any atom is -0.346 e. The van der Waals surface area contributed by atoms with E-state index in [0.717, 1.165) is 0 Å². The van der Waals surface area contributed by atoms with E-state index in [2.05, 4.69) is 15.6 Å². The van der Waals surface area contributed by atoms with Crippen molar-refractivity contribution >= 4 is 17.5 Å². The first-order valence-electron chi connectivity index (χ1n) is 6.59. The average molecular weight is 277 g/mol. The van der Waals surface area contributed by atoms with Crippen LogP contribution >= 0.6 is 0 Å². The molecule has 5 heteroatoms. The summed E-state index contributed by atoms with van der Waals surface area (Å²) in [7, 11) is 0. The molecule has 1 heterocycles. The predicted molar refractivity (Wildman–Crippen MR) is 79.5 cm³/mol. The quantitative estimate of drug-likeness (QED) is 0.872. The zero-order chi connectivity index (χ0) is 15.6. The fraction of sp³-hybridized carbons (Fsp3) is 0.533. The zero-order valence-corrected chi connectivity index (χ0v) is 13.0. The van der Waals surface area contributed by atoms with E-state index in [1.165, 1.54) is 6.20 Å². The highest BCUT2D eigenvalue weighted by Gasteiger charge is 2.21. The minimum absolute atomic E-state index is 0.0915. The Kier molecular flexibility index (Phi) is 4.53. The number of rotatable bonds is 2. The van der Waals surface area contributed by atoms with Gasteiger partial charge in [-0.15, -0.1) is 0 Å². The lowest BCUT2D eigenvalue weighted by atomic mass is 9.95. The summed E-state index contributed by atoms with van der Waals surface area (Å²) in [6, 6.07) is 3.27. The Balaban J connectivity index is 2.75. The third-order valence-corrected chi connectivity index (χ3v) is 2.42. The van der Waals surface area contributed by atoms with Crippen LogP contribution in [0.15, 0.2) is 18.3 Å². The Bertz CT molecular complexity index is 493. The second-order valence-electron chi connectivity index (χ2n) is 6.84. The highest BCUT2D eigenvalue weighted by atomic mass is 16.2. The van der Waals surface area contributed by atoms with Gasteiger partial charge in [0.15, 0.2) is 0 Å². The number of nitrogens with one attached hydrogen (secondary N) is 2. The molecule has 1 aromatic heterocycles. The SMILES string of the molecule is CC(C)(C)NC(=O)c1ccc(NC(=O)C(C)(C)C)cn1. The maximum absolute atomic E-state index is 11.9. The summed E-state index contributed by atoms with van der Waals surface area (Å²) < 4.78 is 0. The van der Waals surface area contributed by atoms with Crippen molar-refractivity contribution in [3.05, 3.63) is 24.0 Å². The number of amides is 2. The molecule has 0 saturated carbocycles. The molecule has 0 bridgehead atoms. The number of anilines is 1. The van der Waals surface area contributed by atoms with Crippen LogP contribution in [0.5, 0.6) is 0 Å². The van der Waals surface area contributed by atoms with Crippen LogP contribution in [-0.2, 0) is 4.79 Å². The summed E-state index contributed by atoms with van der Waals surface area (Å²) in [6.45, 7) is 11.2.